The van der Waals surface area contributed by atoms with Crippen LogP contribution in [0.3, 0.4) is 0 Å². The van der Waals surface area contributed by atoms with Gasteiger partial charge < -0.3 is 9.84 Å². The monoisotopic (exact) mass is 365 g/mol. The molecule has 27 heavy (non-hydrogen) atoms. The van der Waals surface area contributed by atoms with Gasteiger partial charge in [-0.15, -0.1) is 0 Å². The molecule has 2 aromatic carbocycles. The Balaban J connectivity index is 2.10. The number of hydrogen-bond acceptors (Lipinski definition) is 4. The maximum absolute atomic E-state index is 12.7. The molecule has 3 rings (SSSR count). The van der Waals surface area contributed by atoms with Crippen LogP contribution in [0.15, 0.2) is 72.8 Å². The lowest BCUT2D eigenvalue weighted by Crippen LogP contribution is -2.53. The first-order valence-corrected chi connectivity index (χ1v) is 8.81. The van der Waals surface area contributed by atoms with Gasteiger partial charge in [0.15, 0.2) is 0 Å². The summed E-state index contributed by atoms with van der Waals surface area (Å²) in [4.78, 5) is 26.1. The Bertz CT molecular complexity index is 813. The summed E-state index contributed by atoms with van der Waals surface area (Å²) in [5, 5.41) is 11.8. The molecule has 0 aromatic heterocycles. The minimum Gasteiger partial charge on any atom is -0.443 e. The number of carbonyl (C=O) groups is 2. The van der Waals surface area contributed by atoms with E-state index >= 15 is 0 Å². The van der Waals surface area contributed by atoms with Crippen molar-refractivity contribution >= 4 is 12.0 Å². The first-order valence-electron chi connectivity index (χ1n) is 8.81. The molecular weight excluding hydrogens is 342 g/mol. The molecule has 0 bridgehead atoms. The van der Waals surface area contributed by atoms with Gasteiger partial charge in [-0.1, -0.05) is 66.7 Å². The van der Waals surface area contributed by atoms with Gasteiger partial charge in [0.05, 0.1) is 6.04 Å². The quantitative estimate of drug-likeness (QED) is 0.902. The molecule has 5 nitrogen and oxygen atoms in total. The minimum atomic E-state index is -1.61. The van der Waals surface area contributed by atoms with E-state index in [0.29, 0.717) is 11.1 Å². The molecule has 0 saturated carbocycles. The van der Waals surface area contributed by atoms with Crippen molar-refractivity contribution in [1.82, 2.24) is 4.90 Å². The summed E-state index contributed by atoms with van der Waals surface area (Å²) < 4.78 is 5.40. The highest BCUT2D eigenvalue weighted by Crippen LogP contribution is 2.38. The van der Waals surface area contributed by atoms with Gasteiger partial charge in [0.25, 0.3) is 5.91 Å². The van der Waals surface area contributed by atoms with Crippen molar-refractivity contribution < 1.29 is 19.4 Å². The molecule has 1 heterocycles. The van der Waals surface area contributed by atoms with E-state index in [1.807, 2.05) is 36.4 Å². The first-order chi connectivity index (χ1) is 12.7. The van der Waals surface area contributed by atoms with Gasteiger partial charge in [0, 0.05) is 6.08 Å². The van der Waals surface area contributed by atoms with Crippen molar-refractivity contribution in [3.05, 3.63) is 83.9 Å². The molecule has 0 saturated heterocycles. The van der Waals surface area contributed by atoms with Crippen LogP contribution < -0.4 is 0 Å². The molecule has 0 radical (unpaired) electrons. The van der Waals surface area contributed by atoms with Crippen molar-refractivity contribution in [3.8, 4) is 0 Å². The highest BCUT2D eigenvalue weighted by atomic mass is 16.6. The van der Waals surface area contributed by atoms with Crippen LogP contribution in [0.5, 0.6) is 0 Å². The summed E-state index contributed by atoms with van der Waals surface area (Å²) in [6, 6.07) is 17.1. The standard InChI is InChI=1S/C22H23NO4/c1-21(2,3)27-20(25)23-18(14-15-19(23)24)22(26,16-10-6-4-7-11-16)17-12-8-5-9-13-17/h4-15,18,26H,1-3H3. The summed E-state index contributed by atoms with van der Waals surface area (Å²) in [5.74, 6) is -0.514. The highest BCUT2D eigenvalue weighted by molar-refractivity contribution is 6.02. The van der Waals surface area contributed by atoms with Crippen molar-refractivity contribution in [1.29, 1.82) is 0 Å². The number of carbonyl (C=O) groups excluding carboxylic acids is 2. The second-order valence-corrected chi connectivity index (χ2v) is 7.49. The summed E-state index contributed by atoms with van der Waals surface area (Å²) in [6.45, 7) is 5.19. The Morgan fingerprint density at radius 2 is 1.44 bits per heavy atom. The molecule has 2 amide bonds. The fourth-order valence-corrected chi connectivity index (χ4v) is 3.21. The summed E-state index contributed by atoms with van der Waals surface area (Å²) in [5.41, 5.74) is -1.22. The first kappa shape index (κ1) is 18.9. The number of imide groups is 1. The van der Waals surface area contributed by atoms with E-state index in [-0.39, 0.29) is 0 Å². The fourth-order valence-electron chi connectivity index (χ4n) is 3.21. The number of aliphatic hydroxyl groups is 1. The second-order valence-electron chi connectivity index (χ2n) is 7.49. The van der Waals surface area contributed by atoms with Crippen LogP contribution in [-0.4, -0.2) is 33.6 Å². The van der Waals surface area contributed by atoms with Crippen LogP contribution >= 0.6 is 0 Å². The minimum absolute atomic E-state index is 0.514. The molecule has 1 N–H and O–H groups in total. The lowest BCUT2D eigenvalue weighted by molar-refractivity contribution is -0.128. The molecule has 1 unspecified atom stereocenters. The van der Waals surface area contributed by atoms with E-state index in [0.717, 1.165) is 4.90 Å². The van der Waals surface area contributed by atoms with Crippen LogP contribution in [0.25, 0.3) is 0 Å². The summed E-state index contributed by atoms with van der Waals surface area (Å²) in [7, 11) is 0. The lowest BCUT2D eigenvalue weighted by Gasteiger charge is -2.39. The number of nitrogens with zero attached hydrogens (tertiary/aromatic N) is 1. The van der Waals surface area contributed by atoms with Crippen molar-refractivity contribution in [3.63, 3.8) is 0 Å². The topological polar surface area (TPSA) is 66.8 Å². The molecule has 5 heteroatoms. The molecule has 1 atom stereocenters. The van der Waals surface area contributed by atoms with E-state index in [9.17, 15) is 14.7 Å². The fraction of sp³-hybridized carbons (Fsp3) is 0.273. The van der Waals surface area contributed by atoms with Crippen molar-refractivity contribution in [2.75, 3.05) is 0 Å². The van der Waals surface area contributed by atoms with E-state index in [2.05, 4.69) is 0 Å². The zero-order valence-corrected chi connectivity index (χ0v) is 15.6. The maximum atomic E-state index is 12.7. The third-order valence-corrected chi connectivity index (χ3v) is 4.38. The third kappa shape index (κ3) is 3.64. The third-order valence-electron chi connectivity index (χ3n) is 4.38. The Morgan fingerprint density at radius 1 is 0.963 bits per heavy atom. The smallest absolute Gasteiger partial charge is 0.418 e. The zero-order valence-electron chi connectivity index (χ0n) is 15.6. The average molecular weight is 365 g/mol. The summed E-state index contributed by atoms with van der Waals surface area (Å²) in [6.07, 6.45) is 2.06. The normalized spacial score (nSPS) is 17.3. The van der Waals surface area contributed by atoms with E-state index < -0.39 is 29.2 Å². The SMILES string of the molecule is CC(C)(C)OC(=O)N1C(=O)C=CC1C(O)(c1ccccc1)c1ccccc1. The predicted molar refractivity (Wildman–Crippen MR) is 102 cm³/mol. The van der Waals surface area contributed by atoms with Gasteiger partial charge in [-0.05, 0) is 31.9 Å². The Hall–Kier alpha value is -2.92. The Labute approximate surface area is 158 Å². The molecule has 2 aromatic rings. The molecule has 1 aliphatic rings. The van der Waals surface area contributed by atoms with Gasteiger partial charge in [-0.2, -0.15) is 0 Å². The van der Waals surface area contributed by atoms with E-state index in [4.69, 9.17) is 4.74 Å². The molecule has 0 fully saturated rings. The predicted octanol–water partition coefficient (Wildman–Crippen LogP) is 3.62. The summed E-state index contributed by atoms with van der Waals surface area (Å²) >= 11 is 0. The van der Waals surface area contributed by atoms with Gasteiger partial charge in [0.2, 0.25) is 0 Å². The van der Waals surface area contributed by atoms with Gasteiger partial charge in [-0.3, -0.25) is 4.79 Å². The van der Waals surface area contributed by atoms with Crippen LogP contribution in [0, 0.1) is 0 Å². The molecule has 0 aliphatic carbocycles. The van der Waals surface area contributed by atoms with Crippen molar-refractivity contribution in [2.24, 2.45) is 0 Å². The molecule has 0 spiro atoms. The van der Waals surface area contributed by atoms with E-state index in [1.54, 1.807) is 51.1 Å². The van der Waals surface area contributed by atoms with Crippen LogP contribution in [0.1, 0.15) is 31.9 Å². The lowest BCUT2D eigenvalue weighted by atomic mass is 9.80. The van der Waals surface area contributed by atoms with Crippen molar-refractivity contribution in [2.45, 2.75) is 38.0 Å². The van der Waals surface area contributed by atoms with Gasteiger partial charge in [0.1, 0.15) is 11.2 Å². The van der Waals surface area contributed by atoms with Crippen LogP contribution in [0.4, 0.5) is 4.79 Å². The van der Waals surface area contributed by atoms with Gasteiger partial charge >= 0.3 is 6.09 Å². The molecule has 140 valence electrons. The molecule has 1 aliphatic heterocycles. The molecular formula is C22H23NO4. The average Bonchev–Trinajstić information content (AvgIpc) is 3.03. The number of benzene rings is 2. The second kappa shape index (κ2) is 7.00. The number of hydrogen-bond donors (Lipinski definition) is 1. The van der Waals surface area contributed by atoms with Crippen LogP contribution in [0.2, 0.25) is 0 Å². The number of ether oxygens (including phenoxy) is 1. The highest BCUT2D eigenvalue weighted by Gasteiger charge is 2.49. The van der Waals surface area contributed by atoms with Gasteiger partial charge in [-0.25, -0.2) is 9.69 Å². The zero-order chi connectivity index (χ0) is 19.7. The Morgan fingerprint density at radius 3 is 1.89 bits per heavy atom. The largest absolute Gasteiger partial charge is 0.443 e. The van der Waals surface area contributed by atoms with Crippen LogP contribution in [-0.2, 0) is 15.1 Å². The number of rotatable bonds is 3. The maximum Gasteiger partial charge on any atom is 0.418 e. The number of amides is 2. The van der Waals surface area contributed by atoms with E-state index in [1.165, 1.54) is 6.08 Å². The Kier molecular flexibility index (Phi) is 4.89.